The fourth-order valence-electron chi connectivity index (χ4n) is 4.33. The van der Waals surface area contributed by atoms with E-state index in [1.165, 1.54) is 32.1 Å². The van der Waals surface area contributed by atoms with E-state index in [0.29, 0.717) is 18.5 Å². The molecule has 1 aliphatic carbocycles. The van der Waals surface area contributed by atoms with Crippen molar-refractivity contribution < 1.29 is 4.79 Å². The molecule has 0 radical (unpaired) electrons. The summed E-state index contributed by atoms with van der Waals surface area (Å²) in [6.07, 6.45) is 6.27. The molecule has 0 unspecified atom stereocenters. The molecule has 6 heteroatoms. The topological polar surface area (TPSA) is 50.2 Å². The number of nitrogens with one attached hydrogen (secondary N) is 1. The molecule has 1 aromatic carbocycles. The van der Waals surface area contributed by atoms with Crippen LogP contribution in [0.1, 0.15) is 50.8 Å². The first-order valence-corrected chi connectivity index (χ1v) is 9.68. The number of benzene rings is 1. The van der Waals surface area contributed by atoms with Gasteiger partial charge in [0.1, 0.15) is 12.4 Å². The number of fused-ring (bicyclic) bond motifs is 1. The van der Waals surface area contributed by atoms with E-state index >= 15 is 0 Å². The Morgan fingerprint density at radius 1 is 1.23 bits per heavy atom. The van der Waals surface area contributed by atoms with Gasteiger partial charge in [0.15, 0.2) is 0 Å². The molecule has 1 saturated carbocycles. The molecular weight excluding hydrogens is 348 g/mol. The maximum absolute atomic E-state index is 12.9. The number of piperazine rings is 1. The van der Waals surface area contributed by atoms with Gasteiger partial charge in [0.2, 0.25) is 5.91 Å². The van der Waals surface area contributed by atoms with Crippen LogP contribution in [0.15, 0.2) is 24.3 Å². The molecule has 2 heterocycles. The van der Waals surface area contributed by atoms with Crippen LogP contribution in [0.2, 0.25) is 0 Å². The summed E-state index contributed by atoms with van der Waals surface area (Å²) >= 11 is 0. The maximum Gasteiger partial charge on any atom is 0.242 e. The third kappa shape index (κ3) is 3.89. The van der Waals surface area contributed by atoms with Crippen LogP contribution in [0.4, 0.5) is 0 Å². The second-order valence-corrected chi connectivity index (χ2v) is 7.57. The monoisotopic (exact) mass is 376 g/mol. The molecule has 142 valence electrons. The van der Waals surface area contributed by atoms with Gasteiger partial charge in [-0.1, -0.05) is 31.4 Å². The second-order valence-electron chi connectivity index (χ2n) is 7.57. The van der Waals surface area contributed by atoms with Crippen molar-refractivity contribution in [3.05, 3.63) is 30.1 Å². The number of halogens is 1. The van der Waals surface area contributed by atoms with Gasteiger partial charge in [0.25, 0.3) is 0 Å². The summed E-state index contributed by atoms with van der Waals surface area (Å²) in [6, 6.07) is 8.61. The van der Waals surface area contributed by atoms with Gasteiger partial charge in [0, 0.05) is 31.6 Å². The average molecular weight is 377 g/mol. The zero-order valence-electron chi connectivity index (χ0n) is 15.5. The van der Waals surface area contributed by atoms with Crippen LogP contribution >= 0.6 is 12.4 Å². The van der Waals surface area contributed by atoms with Crippen LogP contribution in [0.25, 0.3) is 11.0 Å². The minimum absolute atomic E-state index is 0. The summed E-state index contributed by atoms with van der Waals surface area (Å²) < 4.78 is 2.19. The SMILES string of the molecule is C[C@@H]1CN(C(=O)Cn2c(C3CCCCC3)nc3ccccc32)CCN1.Cl. The molecule has 2 aliphatic rings. The predicted octanol–water partition coefficient (Wildman–Crippen LogP) is 3.33. The molecule has 0 spiro atoms. The molecule has 1 amide bonds. The van der Waals surface area contributed by atoms with E-state index in [1.54, 1.807) is 0 Å². The van der Waals surface area contributed by atoms with Crippen molar-refractivity contribution in [2.24, 2.45) is 0 Å². The van der Waals surface area contributed by atoms with Gasteiger partial charge in [-0.05, 0) is 31.9 Å². The van der Waals surface area contributed by atoms with E-state index in [2.05, 4.69) is 28.9 Å². The summed E-state index contributed by atoms with van der Waals surface area (Å²) in [4.78, 5) is 19.9. The van der Waals surface area contributed by atoms with E-state index in [1.807, 2.05) is 17.0 Å². The quantitative estimate of drug-likeness (QED) is 0.893. The van der Waals surface area contributed by atoms with Crippen LogP contribution in [-0.2, 0) is 11.3 Å². The number of nitrogens with zero attached hydrogens (tertiary/aromatic N) is 3. The number of rotatable bonds is 3. The Kier molecular flexibility index (Phi) is 6.20. The van der Waals surface area contributed by atoms with E-state index in [9.17, 15) is 4.79 Å². The molecule has 4 rings (SSSR count). The summed E-state index contributed by atoms with van der Waals surface area (Å²) in [5.74, 6) is 1.84. The van der Waals surface area contributed by atoms with Gasteiger partial charge in [-0.2, -0.15) is 0 Å². The molecule has 2 fully saturated rings. The summed E-state index contributed by atoms with van der Waals surface area (Å²) in [7, 11) is 0. The second kappa shape index (κ2) is 8.40. The van der Waals surface area contributed by atoms with Gasteiger partial charge in [-0.3, -0.25) is 4.79 Å². The standard InChI is InChI=1S/C20H28N4O.ClH/c1-15-13-23(12-11-21-15)19(25)14-24-18-10-6-5-9-17(18)22-20(24)16-7-3-2-4-8-16;/h5-6,9-10,15-16,21H,2-4,7-8,11-14H2,1H3;1H/t15-;/m1./s1. The number of hydrogen-bond donors (Lipinski definition) is 1. The molecule has 1 aromatic heterocycles. The van der Waals surface area contributed by atoms with Gasteiger partial charge in [0.05, 0.1) is 11.0 Å². The summed E-state index contributed by atoms with van der Waals surface area (Å²) in [6.45, 7) is 5.03. The highest BCUT2D eigenvalue weighted by Gasteiger charge is 2.26. The van der Waals surface area contributed by atoms with Crippen LogP contribution in [-0.4, -0.2) is 46.0 Å². The van der Waals surface area contributed by atoms with E-state index in [0.717, 1.165) is 36.5 Å². The maximum atomic E-state index is 12.9. The fourth-order valence-corrected chi connectivity index (χ4v) is 4.33. The van der Waals surface area contributed by atoms with Gasteiger partial charge < -0.3 is 14.8 Å². The van der Waals surface area contributed by atoms with Crippen molar-refractivity contribution in [2.45, 2.75) is 57.5 Å². The molecular formula is C20H29ClN4O. The third-order valence-electron chi connectivity index (χ3n) is 5.67. The Hall–Kier alpha value is -1.59. The van der Waals surface area contributed by atoms with E-state index in [4.69, 9.17) is 4.98 Å². The van der Waals surface area contributed by atoms with Crippen molar-refractivity contribution >= 4 is 29.3 Å². The lowest BCUT2D eigenvalue weighted by molar-refractivity contribution is -0.132. The van der Waals surface area contributed by atoms with Crippen molar-refractivity contribution in [3.8, 4) is 0 Å². The number of para-hydroxylation sites is 2. The average Bonchev–Trinajstić information content (AvgIpc) is 3.01. The molecule has 2 aromatic rings. The largest absolute Gasteiger partial charge is 0.338 e. The number of aromatic nitrogens is 2. The normalized spacial score (nSPS) is 21.6. The van der Waals surface area contributed by atoms with Crippen LogP contribution in [0, 0.1) is 0 Å². The fraction of sp³-hybridized carbons (Fsp3) is 0.600. The summed E-state index contributed by atoms with van der Waals surface area (Å²) in [5, 5.41) is 3.41. The highest BCUT2D eigenvalue weighted by atomic mass is 35.5. The van der Waals surface area contributed by atoms with Crippen LogP contribution < -0.4 is 5.32 Å². The van der Waals surface area contributed by atoms with Gasteiger partial charge in [-0.15, -0.1) is 12.4 Å². The van der Waals surface area contributed by atoms with Crippen molar-refractivity contribution in [3.63, 3.8) is 0 Å². The first kappa shape index (κ1) is 19.2. The van der Waals surface area contributed by atoms with Gasteiger partial charge in [-0.25, -0.2) is 4.98 Å². The first-order valence-electron chi connectivity index (χ1n) is 9.68. The third-order valence-corrected chi connectivity index (χ3v) is 5.67. The molecule has 26 heavy (non-hydrogen) atoms. The van der Waals surface area contributed by atoms with Crippen molar-refractivity contribution in [1.82, 2.24) is 19.8 Å². The lowest BCUT2D eigenvalue weighted by Gasteiger charge is -2.32. The molecule has 1 atom stereocenters. The molecule has 1 saturated heterocycles. The number of amides is 1. The molecule has 5 nitrogen and oxygen atoms in total. The van der Waals surface area contributed by atoms with Crippen LogP contribution in [0.3, 0.4) is 0 Å². The lowest BCUT2D eigenvalue weighted by atomic mass is 9.88. The smallest absolute Gasteiger partial charge is 0.242 e. The highest BCUT2D eigenvalue weighted by Crippen LogP contribution is 2.34. The van der Waals surface area contributed by atoms with Crippen molar-refractivity contribution in [2.75, 3.05) is 19.6 Å². The van der Waals surface area contributed by atoms with Gasteiger partial charge >= 0.3 is 0 Å². The molecule has 1 aliphatic heterocycles. The summed E-state index contributed by atoms with van der Waals surface area (Å²) in [5.41, 5.74) is 2.11. The number of imidazole rings is 1. The minimum atomic E-state index is 0. The minimum Gasteiger partial charge on any atom is -0.338 e. The Labute approximate surface area is 161 Å². The number of carbonyl (C=O) groups is 1. The first-order chi connectivity index (χ1) is 12.2. The number of carbonyl (C=O) groups excluding carboxylic acids is 1. The Bertz CT molecular complexity index is 753. The Morgan fingerprint density at radius 2 is 2.00 bits per heavy atom. The number of hydrogen-bond acceptors (Lipinski definition) is 3. The molecule has 1 N–H and O–H groups in total. The zero-order chi connectivity index (χ0) is 17.2. The Balaban J connectivity index is 0.00000196. The zero-order valence-corrected chi connectivity index (χ0v) is 16.3. The van der Waals surface area contributed by atoms with Crippen molar-refractivity contribution in [1.29, 1.82) is 0 Å². The van der Waals surface area contributed by atoms with E-state index < -0.39 is 0 Å². The molecule has 0 bridgehead atoms. The highest BCUT2D eigenvalue weighted by molar-refractivity contribution is 5.85. The Morgan fingerprint density at radius 3 is 2.77 bits per heavy atom. The van der Waals surface area contributed by atoms with Crippen LogP contribution in [0.5, 0.6) is 0 Å². The lowest BCUT2D eigenvalue weighted by Crippen LogP contribution is -2.52. The predicted molar refractivity (Wildman–Crippen MR) is 107 cm³/mol. The van der Waals surface area contributed by atoms with E-state index in [-0.39, 0.29) is 18.3 Å².